The summed E-state index contributed by atoms with van der Waals surface area (Å²) in [5.41, 5.74) is -0.513. The Bertz CT molecular complexity index is 398. The molecule has 0 spiro atoms. The van der Waals surface area contributed by atoms with Gasteiger partial charge in [0.1, 0.15) is 5.60 Å². The molecule has 0 aliphatic carbocycles. The standard InChI is InChI=1S/C11H21NO5S/c1-11(2,3)17-10(13)12-7-5-9(12)6-8-16-18(4,14)15/h9H,5-8H2,1-4H3. The van der Waals surface area contributed by atoms with Crippen LogP contribution in [0.2, 0.25) is 0 Å². The van der Waals surface area contributed by atoms with Crippen LogP contribution in [0.1, 0.15) is 33.6 Å². The van der Waals surface area contributed by atoms with Gasteiger partial charge in [-0.15, -0.1) is 0 Å². The zero-order valence-corrected chi connectivity index (χ0v) is 12.1. The highest BCUT2D eigenvalue weighted by Gasteiger charge is 2.34. The van der Waals surface area contributed by atoms with Gasteiger partial charge < -0.3 is 9.64 Å². The van der Waals surface area contributed by atoms with Crippen LogP contribution >= 0.6 is 0 Å². The topological polar surface area (TPSA) is 72.9 Å². The van der Waals surface area contributed by atoms with E-state index in [0.717, 1.165) is 12.7 Å². The summed E-state index contributed by atoms with van der Waals surface area (Å²) in [7, 11) is -3.41. The van der Waals surface area contributed by atoms with E-state index in [0.29, 0.717) is 13.0 Å². The molecule has 6 nitrogen and oxygen atoms in total. The molecule has 18 heavy (non-hydrogen) atoms. The Hall–Kier alpha value is -0.820. The molecule has 1 amide bonds. The molecular formula is C11H21NO5S. The molecule has 0 saturated carbocycles. The van der Waals surface area contributed by atoms with Crippen LogP contribution in [0.4, 0.5) is 4.79 Å². The fourth-order valence-electron chi connectivity index (χ4n) is 1.64. The maximum Gasteiger partial charge on any atom is 0.410 e. The van der Waals surface area contributed by atoms with Gasteiger partial charge in [0.2, 0.25) is 0 Å². The van der Waals surface area contributed by atoms with E-state index in [1.807, 2.05) is 20.8 Å². The van der Waals surface area contributed by atoms with E-state index in [1.54, 1.807) is 4.90 Å². The van der Waals surface area contributed by atoms with E-state index in [1.165, 1.54) is 0 Å². The van der Waals surface area contributed by atoms with Gasteiger partial charge in [-0.05, 0) is 33.6 Å². The smallest absolute Gasteiger partial charge is 0.410 e. The van der Waals surface area contributed by atoms with Gasteiger partial charge in [0.15, 0.2) is 0 Å². The second kappa shape index (κ2) is 5.44. The summed E-state index contributed by atoms with van der Waals surface area (Å²) in [6.45, 7) is 6.19. The summed E-state index contributed by atoms with van der Waals surface area (Å²) in [5.74, 6) is 0. The molecule has 1 saturated heterocycles. The van der Waals surface area contributed by atoms with Crippen molar-refractivity contribution in [3.63, 3.8) is 0 Å². The lowest BCUT2D eigenvalue weighted by atomic mass is 10.0. The predicted molar refractivity (Wildman–Crippen MR) is 66.8 cm³/mol. The largest absolute Gasteiger partial charge is 0.444 e. The summed E-state index contributed by atoms with van der Waals surface area (Å²) in [6, 6.07) is 0.0154. The van der Waals surface area contributed by atoms with Gasteiger partial charge >= 0.3 is 6.09 Å². The summed E-state index contributed by atoms with van der Waals surface area (Å²) in [4.78, 5) is 13.4. The summed E-state index contributed by atoms with van der Waals surface area (Å²) < 4.78 is 31.5. The average molecular weight is 279 g/mol. The van der Waals surface area contributed by atoms with Crippen molar-refractivity contribution in [3.05, 3.63) is 0 Å². The minimum Gasteiger partial charge on any atom is -0.444 e. The number of ether oxygens (including phenoxy) is 1. The Labute approximate surface area is 108 Å². The average Bonchev–Trinajstić information content (AvgIpc) is 2.05. The Morgan fingerprint density at radius 1 is 1.39 bits per heavy atom. The highest BCUT2D eigenvalue weighted by molar-refractivity contribution is 7.85. The first-order valence-corrected chi connectivity index (χ1v) is 7.74. The van der Waals surface area contributed by atoms with Gasteiger partial charge in [0.05, 0.1) is 12.9 Å². The van der Waals surface area contributed by atoms with Crippen LogP contribution in [-0.4, -0.2) is 50.5 Å². The lowest BCUT2D eigenvalue weighted by Crippen LogP contribution is -2.53. The van der Waals surface area contributed by atoms with Gasteiger partial charge in [-0.1, -0.05) is 0 Å². The van der Waals surface area contributed by atoms with E-state index in [4.69, 9.17) is 4.74 Å². The lowest BCUT2D eigenvalue weighted by molar-refractivity contribution is -0.00848. The van der Waals surface area contributed by atoms with Gasteiger partial charge in [-0.2, -0.15) is 8.42 Å². The molecule has 0 aromatic carbocycles. The number of amides is 1. The van der Waals surface area contributed by atoms with Gasteiger partial charge in [0, 0.05) is 12.6 Å². The molecule has 1 atom stereocenters. The minimum atomic E-state index is -3.41. The molecule has 0 aromatic heterocycles. The second-order valence-electron chi connectivity index (χ2n) is 5.43. The van der Waals surface area contributed by atoms with Crippen molar-refractivity contribution in [1.29, 1.82) is 0 Å². The SMILES string of the molecule is CC(C)(C)OC(=O)N1CCC1CCOS(C)(=O)=O. The first-order chi connectivity index (χ1) is 8.08. The molecule has 1 aliphatic rings. The molecule has 1 heterocycles. The number of likely N-dealkylation sites (tertiary alicyclic amines) is 1. The van der Waals surface area contributed by atoms with Crippen LogP contribution in [0, 0.1) is 0 Å². The minimum absolute atomic E-state index is 0.0154. The number of hydrogen-bond acceptors (Lipinski definition) is 5. The van der Waals surface area contributed by atoms with Crippen LogP contribution in [0.5, 0.6) is 0 Å². The van der Waals surface area contributed by atoms with E-state index in [2.05, 4.69) is 4.18 Å². The molecule has 0 bridgehead atoms. The van der Waals surface area contributed by atoms with Crippen LogP contribution in [0.3, 0.4) is 0 Å². The quantitative estimate of drug-likeness (QED) is 0.727. The molecule has 0 aromatic rings. The van der Waals surface area contributed by atoms with Gasteiger partial charge in [-0.25, -0.2) is 4.79 Å². The van der Waals surface area contributed by atoms with Crippen LogP contribution in [0.25, 0.3) is 0 Å². The first kappa shape index (κ1) is 15.2. The number of rotatable bonds is 4. The van der Waals surface area contributed by atoms with Crippen LogP contribution in [-0.2, 0) is 19.0 Å². The van der Waals surface area contributed by atoms with Crippen molar-refractivity contribution in [2.24, 2.45) is 0 Å². The lowest BCUT2D eigenvalue weighted by Gasteiger charge is -2.41. The summed E-state index contributed by atoms with van der Waals surface area (Å²) >= 11 is 0. The van der Waals surface area contributed by atoms with Crippen molar-refractivity contribution >= 4 is 16.2 Å². The molecular weight excluding hydrogens is 258 g/mol. The van der Waals surface area contributed by atoms with Crippen LogP contribution < -0.4 is 0 Å². The number of carbonyl (C=O) groups is 1. The number of carbonyl (C=O) groups excluding carboxylic acids is 1. The number of nitrogens with zero attached hydrogens (tertiary/aromatic N) is 1. The number of hydrogen-bond donors (Lipinski definition) is 0. The molecule has 0 radical (unpaired) electrons. The molecule has 1 rings (SSSR count). The highest BCUT2D eigenvalue weighted by atomic mass is 32.2. The summed E-state index contributed by atoms with van der Waals surface area (Å²) in [6.07, 6.45) is 2.02. The van der Waals surface area contributed by atoms with E-state index < -0.39 is 15.7 Å². The van der Waals surface area contributed by atoms with Gasteiger partial charge in [-0.3, -0.25) is 4.18 Å². The fourth-order valence-corrected chi connectivity index (χ4v) is 2.04. The Kier molecular flexibility index (Phi) is 4.61. The Balaban J connectivity index is 2.35. The second-order valence-corrected chi connectivity index (χ2v) is 7.07. The third-order valence-corrected chi connectivity index (χ3v) is 3.12. The normalized spacial score (nSPS) is 20.4. The van der Waals surface area contributed by atoms with Crippen LogP contribution in [0.15, 0.2) is 0 Å². The predicted octanol–water partition coefficient (Wildman–Crippen LogP) is 1.36. The van der Waals surface area contributed by atoms with E-state index >= 15 is 0 Å². The molecule has 1 unspecified atom stereocenters. The van der Waals surface area contributed by atoms with Crippen molar-refractivity contribution in [3.8, 4) is 0 Å². The molecule has 0 N–H and O–H groups in total. The van der Waals surface area contributed by atoms with Crippen molar-refractivity contribution in [2.45, 2.75) is 45.3 Å². The Morgan fingerprint density at radius 3 is 2.39 bits per heavy atom. The van der Waals surface area contributed by atoms with E-state index in [9.17, 15) is 13.2 Å². The Morgan fingerprint density at radius 2 is 2.00 bits per heavy atom. The summed E-state index contributed by atoms with van der Waals surface area (Å²) in [5, 5.41) is 0. The molecule has 1 fully saturated rings. The zero-order valence-electron chi connectivity index (χ0n) is 11.3. The monoisotopic (exact) mass is 279 g/mol. The van der Waals surface area contributed by atoms with Crippen molar-refractivity contribution in [2.75, 3.05) is 19.4 Å². The molecule has 7 heteroatoms. The molecule has 1 aliphatic heterocycles. The molecule has 106 valence electrons. The fraction of sp³-hybridized carbons (Fsp3) is 0.909. The van der Waals surface area contributed by atoms with Crippen molar-refractivity contribution in [1.82, 2.24) is 4.90 Å². The van der Waals surface area contributed by atoms with Crippen molar-refractivity contribution < 1.29 is 22.1 Å². The highest BCUT2D eigenvalue weighted by Crippen LogP contribution is 2.23. The maximum absolute atomic E-state index is 11.8. The van der Waals surface area contributed by atoms with Gasteiger partial charge in [0.25, 0.3) is 10.1 Å². The third kappa shape index (κ3) is 5.22. The maximum atomic E-state index is 11.8. The first-order valence-electron chi connectivity index (χ1n) is 5.92. The third-order valence-electron chi connectivity index (χ3n) is 2.52. The van der Waals surface area contributed by atoms with E-state index in [-0.39, 0.29) is 18.7 Å². The zero-order chi connectivity index (χ0) is 14.0.